The molecule has 0 aliphatic heterocycles. The molecule has 5 nitrogen and oxygen atoms in total. The summed E-state index contributed by atoms with van der Waals surface area (Å²) >= 11 is 1.85. The number of fused-ring (bicyclic) bond motifs is 9. The fraction of sp³-hybridized carbons (Fsp3) is 0.111. The monoisotopic (exact) mass is 683 g/mol. The van der Waals surface area contributed by atoms with Crippen LogP contribution in [0.15, 0.2) is 154 Å². The predicted octanol–water partition coefficient (Wildman–Crippen LogP) is 11.7. The summed E-state index contributed by atoms with van der Waals surface area (Å²) in [5, 5.41) is 14.4. The van der Waals surface area contributed by atoms with E-state index in [1.165, 1.54) is 31.3 Å². The standard InChI is InChI=1S/C45H37N3O2S/c1-3-11-28(4-2)44(46)48-45(47-26-27-20-22-39-36(24-27)31-12-5-7-18-38(31)49-39)35-17-10-15-33-37-25-29(21-23-40(37)50-42(33)35)30-14-9-16-34-32-13-6-8-19-41(32)51-43(30)34/h3-25,44-45,47-48H,26,46H2,1-2H3/b11-3-,28-4+. The average molecular weight is 684 g/mol. The van der Waals surface area contributed by atoms with Gasteiger partial charge in [-0.3, -0.25) is 10.6 Å². The second kappa shape index (κ2) is 13.0. The lowest BCUT2D eigenvalue weighted by Crippen LogP contribution is -2.46. The van der Waals surface area contributed by atoms with Gasteiger partial charge in [0.2, 0.25) is 0 Å². The maximum Gasteiger partial charge on any atom is 0.141 e. The molecular weight excluding hydrogens is 647 g/mol. The lowest BCUT2D eigenvalue weighted by Gasteiger charge is -2.26. The summed E-state index contributed by atoms with van der Waals surface area (Å²) in [6.07, 6.45) is 5.39. The number of nitrogens with one attached hydrogen (secondary N) is 2. The third kappa shape index (κ3) is 5.54. The highest BCUT2D eigenvalue weighted by molar-refractivity contribution is 7.26. The fourth-order valence-corrected chi connectivity index (χ4v) is 8.64. The second-order valence-electron chi connectivity index (χ2n) is 13.0. The van der Waals surface area contributed by atoms with Crippen molar-refractivity contribution in [1.82, 2.24) is 10.6 Å². The van der Waals surface area contributed by atoms with Gasteiger partial charge in [0.15, 0.2) is 0 Å². The Balaban J connectivity index is 1.11. The first-order valence-corrected chi connectivity index (χ1v) is 18.2. The summed E-state index contributed by atoms with van der Waals surface area (Å²) in [6, 6.07) is 42.8. The van der Waals surface area contributed by atoms with Crippen molar-refractivity contribution in [2.45, 2.75) is 32.7 Å². The number of thiophene rings is 1. The van der Waals surface area contributed by atoms with Gasteiger partial charge < -0.3 is 14.6 Å². The SMILES string of the molecule is C/C=C\C(=C/C)C(N)NC(NCc1ccc2oc3ccccc3c2c1)c1cccc2c1oc1ccc(-c3cccc4c3sc3ccccc34)cc12. The maximum atomic E-state index is 6.81. The summed E-state index contributed by atoms with van der Waals surface area (Å²) in [6.45, 7) is 4.63. The molecule has 3 heterocycles. The number of hydrogen-bond donors (Lipinski definition) is 3. The van der Waals surface area contributed by atoms with Gasteiger partial charge in [-0.05, 0) is 72.5 Å². The Bertz CT molecular complexity index is 2800. The van der Waals surface area contributed by atoms with E-state index in [-0.39, 0.29) is 6.17 Å². The first kappa shape index (κ1) is 31.5. The van der Waals surface area contributed by atoms with Crippen LogP contribution in [0, 0.1) is 0 Å². The Morgan fingerprint density at radius 3 is 2.31 bits per heavy atom. The number of furan rings is 2. The molecule has 2 atom stereocenters. The van der Waals surface area contributed by atoms with Crippen molar-refractivity contribution in [3.05, 3.63) is 156 Å². The Kier molecular flexibility index (Phi) is 8.02. The van der Waals surface area contributed by atoms with Crippen LogP contribution in [0.2, 0.25) is 0 Å². The molecule has 0 bridgehead atoms. The second-order valence-corrected chi connectivity index (χ2v) is 14.0. The van der Waals surface area contributed by atoms with Gasteiger partial charge in [0.1, 0.15) is 22.3 Å². The molecule has 0 fully saturated rings. The highest BCUT2D eigenvalue weighted by Gasteiger charge is 2.22. The van der Waals surface area contributed by atoms with E-state index in [9.17, 15) is 0 Å². The fourth-order valence-electron chi connectivity index (χ4n) is 7.40. The van der Waals surface area contributed by atoms with Crippen LogP contribution in [0.5, 0.6) is 0 Å². The molecule has 0 amide bonds. The normalized spacial score (nSPS) is 13.9. The van der Waals surface area contributed by atoms with Gasteiger partial charge in [-0.1, -0.05) is 103 Å². The summed E-state index contributed by atoms with van der Waals surface area (Å²) in [4.78, 5) is 0. The lowest BCUT2D eigenvalue weighted by molar-refractivity contribution is 0.404. The molecule has 0 spiro atoms. The number of hydrogen-bond acceptors (Lipinski definition) is 6. The van der Waals surface area contributed by atoms with E-state index in [0.29, 0.717) is 6.54 Å². The molecule has 0 aliphatic carbocycles. The van der Waals surface area contributed by atoms with Crippen LogP contribution in [0.4, 0.5) is 0 Å². The highest BCUT2D eigenvalue weighted by atomic mass is 32.1. The average Bonchev–Trinajstić information content (AvgIpc) is 3.86. The van der Waals surface area contributed by atoms with Crippen molar-refractivity contribution in [2.24, 2.45) is 5.73 Å². The van der Waals surface area contributed by atoms with E-state index in [1.807, 2.05) is 55.5 Å². The van der Waals surface area contributed by atoms with E-state index >= 15 is 0 Å². The molecule has 9 aromatic rings. The number of para-hydroxylation sites is 2. The van der Waals surface area contributed by atoms with Gasteiger partial charge in [0.25, 0.3) is 0 Å². The molecule has 0 aliphatic rings. The Hall–Kier alpha value is -5.50. The Morgan fingerprint density at radius 2 is 1.43 bits per heavy atom. The molecule has 0 saturated heterocycles. The van der Waals surface area contributed by atoms with E-state index in [1.54, 1.807) is 0 Å². The number of rotatable bonds is 9. The van der Waals surface area contributed by atoms with Crippen molar-refractivity contribution < 1.29 is 8.83 Å². The van der Waals surface area contributed by atoms with Gasteiger partial charge in [-0.2, -0.15) is 0 Å². The first-order chi connectivity index (χ1) is 25.1. The minimum atomic E-state index is -0.406. The Labute approximate surface area is 299 Å². The third-order valence-electron chi connectivity index (χ3n) is 9.90. The summed E-state index contributed by atoms with van der Waals surface area (Å²) in [5.74, 6) is 0. The van der Waals surface area contributed by atoms with Crippen LogP contribution in [-0.4, -0.2) is 6.17 Å². The molecule has 51 heavy (non-hydrogen) atoms. The van der Waals surface area contributed by atoms with E-state index in [0.717, 1.165) is 60.6 Å². The molecule has 4 N–H and O–H groups in total. The third-order valence-corrected chi connectivity index (χ3v) is 11.1. The van der Waals surface area contributed by atoms with Crippen LogP contribution in [0.3, 0.4) is 0 Å². The molecule has 3 aromatic heterocycles. The van der Waals surface area contributed by atoms with Crippen molar-refractivity contribution in [2.75, 3.05) is 0 Å². The molecule has 2 unspecified atom stereocenters. The molecule has 0 saturated carbocycles. The van der Waals surface area contributed by atoms with Gasteiger partial charge in [-0.15, -0.1) is 11.3 Å². The summed E-state index contributed by atoms with van der Waals surface area (Å²) in [7, 11) is 0. The van der Waals surface area contributed by atoms with Crippen LogP contribution in [0.1, 0.15) is 31.1 Å². The molecule has 6 heteroatoms. The maximum absolute atomic E-state index is 6.81. The van der Waals surface area contributed by atoms with Crippen LogP contribution in [-0.2, 0) is 6.54 Å². The minimum Gasteiger partial charge on any atom is -0.456 e. The van der Waals surface area contributed by atoms with E-state index in [4.69, 9.17) is 14.6 Å². The van der Waals surface area contributed by atoms with Crippen molar-refractivity contribution in [3.63, 3.8) is 0 Å². The molecule has 6 aromatic carbocycles. The van der Waals surface area contributed by atoms with Crippen LogP contribution >= 0.6 is 11.3 Å². The number of benzene rings is 6. The largest absolute Gasteiger partial charge is 0.456 e. The molecular formula is C45H37N3O2S. The van der Waals surface area contributed by atoms with Gasteiger partial charge in [-0.25, -0.2) is 0 Å². The lowest BCUT2D eigenvalue weighted by atomic mass is 10.00. The zero-order valence-corrected chi connectivity index (χ0v) is 29.3. The van der Waals surface area contributed by atoms with Crippen molar-refractivity contribution in [3.8, 4) is 11.1 Å². The number of allylic oxidation sites excluding steroid dienone is 2. The first-order valence-electron chi connectivity index (χ1n) is 17.4. The zero-order valence-electron chi connectivity index (χ0n) is 28.4. The molecule has 250 valence electrons. The van der Waals surface area contributed by atoms with E-state index < -0.39 is 6.17 Å². The minimum absolute atomic E-state index is 0.312. The smallest absolute Gasteiger partial charge is 0.141 e. The quantitative estimate of drug-likeness (QED) is 0.104. The van der Waals surface area contributed by atoms with Gasteiger partial charge >= 0.3 is 0 Å². The van der Waals surface area contributed by atoms with E-state index in [2.05, 4.69) is 120 Å². The molecule has 0 radical (unpaired) electrons. The van der Waals surface area contributed by atoms with Crippen LogP contribution < -0.4 is 16.4 Å². The molecule has 9 rings (SSSR count). The number of nitrogens with two attached hydrogens (primary N) is 1. The predicted molar refractivity (Wildman–Crippen MR) is 215 cm³/mol. The van der Waals surface area contributed by atoms with Crippen LogP contribution in [0.25, 0.3) is 75.2 Å². The zero-order chi connectivity index (χ0) is 34.5. The topological polar surface area (TPSA) is 76.4 Å². The van der Waals surface area contributed by atoms with Gasteiger partial charge in [0, 0.05) is 53.8 Å². The van der Waals surface area contributed by atoms with Gasteiger partial charge in [0.05, 0.1) is 12.3 Å². The Morgan fingerprint density at radius 1 is 0.706 bits per heavy atom. The highest BCUT2D eigenvalue weighted by Crippen LogP contribution is 2.42. The summed E-state index contributed by atoms with van der Waals surface area (Å²) in [5.41, 5.74) is 15.8. The van der Waals surface area contributed by atoms with Crippen molar-refractivity contribution in [1.29, 1.82) is 0 Å². The van der Waals surface area contributed by atoms with Crippen molar-refractivity contribution >= 4 is 75.4 Å². The summed E-state index contributed by atoms with van der Waals surface area (Å²) < 4.78 is 15.4.